The highest BCUT2D eigenvalue weighted by Gasteiger charge is 2.34. The first-order chi connectivity index (χ1) is 10.1. The van der Waals surface area contributed by atoms with E-state index >= 15 is 0 Å². The quantitative estimate of drug-likeness (QED) is 0.640. The molecule has 2 saturated carbocycles. The molecule has 0 aromatic heterocycles. The molecule has 0 heterocycles. The highest BCUT2D eigenvalue weighted by molar-refractivity contribution is 4.90. The van der Waals surface area contributed by atoms with Gasteiger partial charge in [-0.05, 0) is 49.9 Å². The van der Waals surface area contributed by atoms with E-state index < -0.39 is 0 Å². The average Bonchev–Trinajstić information content (AvgIpc) is 3.13. The van der Waals surface area contributed by atoms with E-state index in [0.717, 1.165) is 18.0 Å². The van der Waals surface area contributed by atoms with Gasteiger partial charge in [0.1, 0.15) is 0 Å². The largest absolute Gasteiger partial charge is 0.313 e. The maximum absolute atomic E-state index is 3.82. The second-order valence-electron chi connectivity index (χ2n) is 8.12. The van der Waals surface area contributed by atoms with Crippen molar-refractivity contribution in [1.82, 2.24) is 10.2 Å². The standard InChI is InChI=1S/C19H38N2/c1-5-19(6-2,14-20-17-11-12-17)15-21(13-16(3)4)18-9-7-8-10-18/h16-18,20H,5-15H2,1-4H3. The minimum Gasteiger partial charge on any atom is -0.313 e. The molecule has 0 atom stereocenters. The van der Waals surface area contributed by atoms with Crippen LogP contribution in [0.2, 0.25) is 0 Å². The van der Waals surface area contributed by atoms with E-state index in [9.17, 15) is 0 Å². The Morgan fingerprint density at radius 1 is 1.05 bits per heavy atom. The second-order valence-corrected chi connectivity index (χ2v) is 8.12. The highest BCUT2D eigenvalue weighted by Crippen LogP contribution is 2.33. The molecule has 2 aliphatic carbocycles. The summed E-state index contributed by atoms with van der Waals surface area (Å²) >= 11 is 0. The lowest BCUT2D eigenvalue weighted by atomic mass is 9.81. The molecule has 0 spiro atoms. The molecule has 0 amide bonds. The zero-order valence-corrected chi connectivity index (χ0v) is 15.0. The Morgan fingerprint density at radius 3 is 2.14 bits per heavy atom. The van der Waals surface area contributed by atoms with E-state index in [1.54, 1.807) is 0 Å². The molecule has 1 N–H and O–H groups in total. The van der Waals surface area contributed by atoms with Crippen LogP contribution in [0.1, 0.15) is 79.1 Å². The van der Waals surface area contributed by atoms with Crippen LogP contribution in [0.25, 0.3) is 0 Å². The molecule has 0 saturated heterocycles. The van der Waals surface area contributed by atoms with E-state index in [1.807, 2.05) is 0 Å². The molecule has 2 aliphatic rings. The number of nitrogens with one attached hydrogen (secondary N) is 1. The number of hydrogen-bond donors (Lipinski definition) is 1. The Kier molecular flexibility index (Phi) is 6.55. The third kappa shape index (κ3) is 5.25. The van der Waals surface area contributed by atoms with Gasteiger partial charge in [0.25, 0.3) is 0 Å². The van der Waals surface area contributed by atoms with Gasteiger partial charge in [-0.3, -0.25) is 4.90 Å². The summed E-state index contributed by atoms with van der Waals surface area (Å²) < 4.78 is 0. The summed E-state index contributed by atoms with van der Waals surface area (Å²) in [4.78, 5) is 2.86. The summed E-state index contributed by atoms with van der Waals surface area (Å²) in [5.74, 6) is 0.786. The van der Waals surface area contributed by atoms with Gasteiger partial charge in [-0.25, -0.2) is 0 Å². The Morgan fingerprint density at radius 2 is 1.67 bits per heavy atom. The molecule has 0 bridgehead atoms. The van der Waals surface area contributed by atoms with Crippen molar-refractivity contribution in [2.75, 3.05) is 19.6 Å². The first-order valence-corrected chi connectivity index (χ1v) is 9.56. The van der Waals surface area contributed by atoms with E-state index in [1.165, 1.54) is 71.0 Å². The van der Waals surface area contributed by atoms with Crippen LogP contribution in [0.4, 0.5) is 0 Å². The minimum absolute atomic E-state index is 0.486. The summed E-state index contributed by atoms with van der Waals surface area (Å²) in [7, 11) is 0. The molecule has 0 aromatic carbocycles. The molecule has 0 aromatic rings. The number of nitrogens with zero attached hydrogens (tertiary/aromatic N) is 1. The topological polar surface area (TPSA) is 15.3 Å². The van der Waals surface area contributed by atoms with Crippen molar-refractivity contribution in [2.24, 2.45) is 11.3 Å². The molecule has 2 fully saturated rings. The van der Waals surface area contributed by atoms with Gasteiger partial charge in [0.05, 0.1) is 0 Å². The lowest BCUT2D eigenvalue weighted by Crippen LogP contribution is -2.48. The van der Waals surface area contributed by atoms with Crippen LogP contribution in [0.3, 0.4) is 0 Å². The molecular weight excluding hydrogens is 256 g/mol. The second kappa shape index (κ2) is 7.97. The number of rotatable bonds is 10. The fourth-order valence-corrected chi connectivity index (χ4v) is 3.94. The van der Waals surface area contributed by atoms with E-state index in [-0.39, 0.29) is 0 Å². The summed E-state index contributed by atoms with van der Waals surface area (Å²) in [6.45, 7) is 13.4. The third-order valence-electron chi connectivity index (χ3n) is 5.82. The summed E-state index contributed by atoms with van der Waals surface area (Å²) in [5.41, 5.74) is 0.486. The van der Waals surface area contributed by atoms with Crippen molar-refractivity contribution < 1.29 is 0 Å². The van der Waals surface area contributed by atoms with E-state index in [0.29, 0.717) is 5.41 Å². The Balaban J connectivity index is 1.97. The molecule has 0 radical (unpaired) electrons. The van der Waals surface area contributed by atoms with Crippen LogP contribution in [-0.2, 0) is 0 Å². The molecule has 2 nitrogen and oxygen atoms in total. The first kappa shape index (κ1) is 17.3. The van der Waals surface area contributed by atoms with Crippen LogP contribution in [0.5, 0.6) is 0 Å². The van der Waals surface area contributed by atoms with E-state index in [4.69, 9.17) is 0 Å². The van der Waals surface area contributed by atoms with Gasteiger partial charge in [-0.1, -0.05) is 40.5 Å². The zero-order valence-electron chi connectivity index (χ0n) is 15.0. The molecule has 21 heavy (non-hydrogen) atoms. The summed E-state index contributed by atoms with van der Waals surface area (Å²) in [5, 5.41) is 3.82. The maximum Gasteiger partial charge on any atom is 0.00956 e. The van der Waals surface area contributed by atoms with Crippen molar-refractivity contribution in [3.8, 4) is 0 Å². The van der Waals surface area contributed by atoms with Gasteiger partial charge in [0.15, 0.2) is 0 Å². The van der Waals surface area contributed by atoms with Crippen LogP contribution < -0.4 is 5.32 Å². The minimum atomic E-state index is 0.486. The van der Waals surface area contributed by atoms with Crippen molar-refractivity contribution in [3.05, 3.63) is 0 Å². The van der Waals surface area contributed by atoms with Crippen LogP contribution in [0, 0.1) is 11.3 Å². The lowest BCUT2D eigenvalue weighted by molar-refractivity contribution is 0.0881. The Bertz CT molecular complexity index is 286. The first-order valence-electron chi connectivity index (χ1n) is 9.56. The maximum atomic E-state index is 3.82. The van der Waals surface area contributed by atoms with Crippen LogP contribution >= 0.6 is 0 Å². The van der Waals surface area contributed by atoms with Gasteiger partial charge in [0.2, 0.25) is 0 Å². The molecule has 2 heteroatoms. The SMILES string of the molecule is CCC(CC)(CNC1CC1)CN(CC(C)C)C1CCCC1. The molecule has 0 aliphatic heterocycles. The summed E-state index contributed by atoms with van der Waals surface area (Å²) in [6.07, 6.45) is 11.2. The molecule has 124 valence electrons. The van der Waals surface area contributed by atoms with Gasteiger partial charge in [-0.2, -0.15) is 0 Å². The smallest absolute Gasteiger partial charge is 0.00956 e. The fraction of sp³-hybridized carbons (Fsp3) is 1.00. The molecular formula is C19H38N2. The van der Waals surface area contributed by atoms with Crippen molar-refractivity contribution in [2.45, 2.75) is 91.1 Å². The lowest BCUT2D eigenvalue weighted by Gasteiger charge is -2.41. The molecule has 0 unspecified atom stereocenters. The third-order valence-corrected chi connectivity index (χ3v) is 5.82. The van der Waals surface area contributed by atoms with Crippen molar-refractivity contribution in [3.63, 3.8) is 0 Å². The zero-order chi connectivity index (χ0) is 15.3. The van der Waals surface area contributed by atoms with Crippen LogP contribution in [-0.4, -0.2) is 36.6 Å². The van der Waals surface area contributed by atoms with Gasteiger partial charge >= 0.3 is 0 Å². The van der Waals surface area contributed by atoms with Crippen molar-refractivity contribution in [1.29, 1.82) is 0 Å². The predicted octanol–water partition coefficient (Wildman–Crippen LogP) is 4.45. The van der Waals surface area contributed by atoms with Gasteiger partial charge < -0.3 is 5.32 Å². The highest BCUT2D eigenvalue weighted by atomic mass is 15.2. The van der Waals surface area contributed by atoms with Gasteiger partial charge in [-0.15, -0.1) is 0 Å². The Labute approximate surface area is 133 Å². The Hall–Kier alpha value is -0.0800. The molecule has 2 rings (SSSR count). The fourth-order valence-electron chi connectivity index (χ4n) is 3.94. The van der Waals surface area contributed by atoms with E-state index in [2.05, 4.69) is 37.9 Å². The predicted molar refractivity (Wildman–Crippen MR) is 92.7 cm³/mol. The monoisotopic (exact) mass is 294 g/mol. The average molecular weight is 295 g/mol. The summed E-state index contributed by atoms with van der Waals surface area (Å²) in [6, 6.07) is 1.71. The van der Waals surface area contributed by atoms with Gasteiger partial charge in [0, 0.05) is 31.7 Å². The van der Waals surface area contributed by atoms with Crippen LogP contribution in [0.15, 0.2) is 0 Å². The van der Waals surface area contributed by atoms with Crippen molar-refractivity contribution >= 4 is 0 Å². The number of hydrogen-bond acceptors (Lipinski definition) is 2. The normalized spacial score (nSPS) is 20.9.